The van der Waals surface area contributed by atoms with E-state index in [1.807, 2.05) is 17.0 Å². The maximum Gasteiger partial charge on any atom is 0.315 e. The van der Waals surface area contributed by atoms with Gasteiger partial charge in [-0.3, -0.25) is 9.59 Å². The third kappa shape index (κ3) is 4.04. The number of esters is 1. The van der Waals surface area contributed by atoms with Crippen molar-refractivity contribution in [3.63, 3.8) is 0 Å². The lowest BCUT2D eigenvalue weighted by Crippen LogP contribution is -2.55. The van der Waals surface area contributed by atoms with Gasteiger partial charge in [0.25, 0.3) is 0 Å². The Morgan fingerprint density at radius 1 is 1.13 bits per heavy atom. The number of benzene rings is 2. The number of anilines is 2. The number of carbonyl (C=O) groups is 2. The van der Waals surface area contributed by atoms with Crippen molar-refractivity contribution < 1.29 is 19.1 Å². The molecule has 162 valence electrons. The summed E-state index contributed by atoms with van der Waals surface area (Å²) in [5.41, 5.74) is 4.15. The molecule has 3 heterocycles. The van der Waals surface area contributed by atoms with Crippen LogP contribution in [-0.4, -0.2) is 55.6 Å². The number of carbonyl (C=O) groups excluding carboxylic acids is 2. The Morgan fingerprint density at radius 3 is 2.90 bits per heavy atom. The molecule has 0 aliphatic carbocycles. The number of fused-ring (bicyclic) bond motifs is 2. The summed E-state index contributed by atoms with van der Waals surface area (Å²) < 4.78 is 10.9. The van der Waals surface area contributed by atoms with Crippen LogP contribution in [-0.2, 0) is 22.4 Å². The smallest absolute Gasteiger partial charge is 0.315 e. The number of piperazine rings is 1. The van der Waals surface area contributed by atoms with Crippen molar-refractivity contribution in [2.45, 2.75) is 32.2 Å². The third-order valence-electron chi connectivity index (χ3n) is 6.27. The standard InChI is InChI=1S/C24H27N3O4/c1-16-15-26(20-6-7-21-17(11-20)3-2-10-30-21)8-9-27(16)23(28)14-25-19-5-4-18-12-24(29)31-22(18)13-19/h4-7,11,13,16,25H,2-3,8-10,12,14-15H2,1H3/t16-/m1/s1. The second-order valence-corrected chi connectivity index (χ2v) is 8.45. The van der Waals surface area contributed by atoms with Gasteiger partial charge in [-0.15, -0.1) is 0 Å². The lowest BCUT2D eigenvalue weighted by atomic mass is 10.0. The van der Waals surface area contributed by atoms with E-state index in [4.69, 9.17) is 9.47 Å². The first-order valence-corrected chi connectivity index (χ1v) is 10.9. The molecule has 1 amide bonds. The highest BCUT2D eigenvalue weighted by Crippen LogP contribution is 2.31. The van der Waals surface area contributed by atoms with E-state index in [1.165, 1.54) is 11.3 Å². The lowest BCUT2D eigenvalue weighted by Gasteiger charge is -2.41. The average Bonchev–Trinajstić information content (AvgIpc) is 3.16. The quantitative estimate of drug-likeness (QED) is 0.605. The molecule has 2 aromatic carbocycles. The number of nitrogens with zero attached hydrogens (tertiary/aromatic N) is 2. The van der Waals surface area contributed by atoms with Gasteiger partial charge in [0, 0.05) is 48.7 Å². The van der Waals surface area contributed by atoms with Crippen LogP contribution in [0.1, 0.15) is 24.5 Å². The molecule has 3 aliphatic heterocycles. The van der Waals surface area contributed by atoms with Crippen LogP contribution in [0, 0.1) is 0 Å². The molecule has 0 radical (unpaired) electrons. The molecule has 0 bridgehead atoms. The zero-order chi connectivity index (χ0) is 21.4. The van der Waals surface area contributed by atoms with Crippen LogP contribution in [0.3, 0.4) is 0 Å². The Kier molecular flexibility index (Phi) is 5.18. The molecule has 1 saturated heterocycles. The predicted octanol–water partition coefficient (Wildman–Crippen LogP) is 2.62. The molecule has 0 saturated carbocycles. The van der Waals surface area contributed by atoms with Crippen molar-refractivity contribution in [3.05, 3.63) is 47.5 Å². The number of rotatable bonds is 4. The Morgan fingerprint density at radius 2 is 2.03 bits per heavy atom. The highest BCUT2D eigenvalue weighted by atomic mass is 16.5. The van der Waals surface area contributed by atoms with Crippen molar-refractivity contribution in [2.24, 2.45) is 0 Å². The number of nitrogens with one attached hydrogen (secondary N) is 1. The highest BCUT2D eigenvalue weighted by Gasteiger charge is 2.28. The Bertz CT molecular complexity index is 1020. The molecule has 31 heavy (non-hydrogen) atoms. The number of hydrogen-bond donors (Lipinski definition) is 1. The zero-order valence-corrected chi connectivity index (χ0v) is 17.7. The summed E-state index contributed by atoms with van der Waals surface area (Å²) in [4.78, 5) is 28.5. The highest BCUT2D eigenvalue weighted by molar-refractivity contribution is 5.83. The first-order valence-electron chi connectivity index (χ1n) is 10.9. The molecule has 7 nitrogen and oxygen atoms in total. The lowest BCUT2D eigenvalue weighted by molar-refractivity contribution is -0.132. The second kappa shape index (κ2) is 8.13. The Hall–Kier alpha value is -3.22. The second-order valence-electron chi connectivity index (χ2n) is 8.45. The van der Waals surface area contributed by atoms with Crippen LogP contribution in [0.15, 0.2) is 36.4 Å². The molecule has 1 fully saturated rings. The molecule has 2 aromatic rings. The van der Waals surface area contributed by atoms with Gasteiger partial charge in [0.15, 0.2) is 0 Å². The van der Waals surface area contributed by atoms with Gasteiger partial charge in [0.2, 0.25) is 5.91 Å². The van der Waals surface area contributed by atoms with Crippen molar-refractivity contribution in [1.29, 1.82) is 0 Å². The molecule has 0 unspecified atom stereocenters. The number of ether oxygens (including phenoxy) is 2. The third-order valence-corrected chi connectivity index (χ3v) is 6.27. The van der Waals surface area contributed by atoms with E-state index >= 15 is 0 Å². The largest absolute Gasteiger partial charge is 0.493 e. The van der Waals surface area contributed by atoms with Crippen molar-refractivity contribution in [2.75, 3.05) is 43.0 Å². The van der Waals surface area contributed by atoms with E-state index in [1.54, 1.807) is 6.07 Å². The van der Waals surface area contributed by atoms with Gasteiger partial charge in [-0.05, 0) is 49.6 Å². The van der Waals surface area contributed by atoms with E-state index in [0.717, 1.165) is 49.5 Å². The SMILES string of the molecule is C[C@@H]1CN(c2ccc3c(c2)CCCO3)CCN1C(=O)CNc1ccc2c(c1)OC(=O)C2. The summed E-state index contributed by atoms with van der Waals surface area (Å²) in [5, 5.41) is 3.17. The minimum Gasteiger partial charge on any atom is -0.493 e. The topological polar surface area (TPSA) is 71.1 Å². The summed E-state index contributed by atoms with van der Waals surface area (Å²) >= 11 is 0. The predicted molar refractivity (Wildman–Crippen MR) is 118 cm³/mol. The molecular weight excluding hydrogens is 394 g/mol. The van der Waals surface area contributed by atoms with Crippen LogP contribution in [0.5, 0.6) is 11.5 Å². The summed E-state index contributed by atoms with van der Waals surface area (Å²) in [6.45, 7) is 5.42. The minimum absolute atomic E-state index is 0.0727. The fraction of sp³-hybridized carbons (Fsp3) is 0.417. The molecule has 5 rings (SSSR count). The molecule has 7 heteroatoms. The fourth-order valence-electron chi connectivity index (χ4n) is 4.61. The fourth-order valence-corrected chi connectivity index (χ4v) is 4.61. The van der Waals surface area contributed by atoms with Crippen LogP contribution in [0.2, 0.25) is 0 Å². The van der Waals surface area contributed by atoms with Crippen molar-refractivity contribution in [3.8, 4) is 11.5 Å². The average molecular weight is 421 g/mol. The Balaban J connectivity index is 1.18. The molecule has 1 atom stereocenters. The van der Waals surface area contributed by atoms with E-state index in [0.29, 0.717) is 18.7 Å². The van der Waals surface area contributed by atoms with E-state index in [-0.39, 0.29) is 24.5 Å². The molecule has 3 aliphatic rings. The molecular formula is C24H27N3O4. The van der Waals surface area contributed by atoms with Crippen molar-refractivity contribution >= 4 is 23.3 Å². The van der Waals surface area contributed by atoms with Gasteiger partial charge in [-0.1, -0.05) is 6.07 Å². The number of amides is 1. The van der Waals surface area contributed by atoms with Gasteiger partial charge in [0.1, 0.15) is 11.5 Å². The molecule has 0 spiro atoms. The molecule has 1 N–H and O–H groups in total. The van der Waals surface area contributed by atoms with Gasteiger partial charge in [-0.25, -0.2) is 0 Å². The summed E-state index contributed by atoms with van der Waals surface area (Å²) in [6.07, 6.45) is 2.44. The Labute approximate surface area is 181 Å². The maximum absolute atomic E-state index is 12.8. The maximum atomic E-state index is 12.8. The summed E-state index contributed by atoms with van der Waals surface area (Å²) in [7, 11) is 0. The van der Waals surface area contributed by atoms with E-state index < -0.39 is 0 Å². The van der Waals surface area contributed by atoms with Gasteiger partial charge < -0.3 is 24.6 Å². The van der Waals surface area contributed by atoms with Gasteiger partial charge in [0.05, 0.1) is 19.6 Å². The zero-order valence-electron chi connectivity index (χ0n) is 17.7. The number of aryl methyl sites for hydroxylation is 1. The van der Waals surface area contributed by atoms with Gasteiger partial charge >= 0.3 is 5.97 Å². The van der Waals surface area contributed by atoms with Crippen LogP contribution in [0.4, 0.5) is 11.4 Å². The minimum atomic E-state index is -0.235. The first-order chi connectivity index (χ1) is 15.1. The normalized spacial score (nSPS) is 19.9. The number of hydrogen-bond acceptors (Lipinski definition) is 6. The monoisotopic (exact) mass is 421 g/mol. The first kappa shape index (κ1) is 19.7. The summed E-state index contributed by atoms with van der Waals surface area (Å²) in [6, 6.07) is 12.1. The van der Waals surface area contributed by atoms with Crippen LogP contribution in [0.25, 0.3) is 0 Å². The van der Waals surface area contributed by atoms with Crippen molar-refractivity contribution in [1.82, 2.24) is 4.90 Å². The van der Waals surface area contributed by atoms with E-state index in [2.05, 4.69) is 35.3 Å². The molecule has 0 aromatic heterocycles. The van der Waals surface area contributed by atoms with Crippen LogP contribution < -0.4 is 19.7 Å². The van der Waals surface area contributed by atoms with E-state index in [9.17, 15) is 9.59 Å². The summed E-state index contributed by atoms with van der Waals surface area (Å²) in [5.74, 6) is 1.42. The van der Waals surface area contributed by atoms with Crippen LogP contribution >= 0.6 is 0 Å². The van der Waals surface area contributed by atoms with Gasteiger partial charge in [-0.2, -0.15) is 0 Å².